The molecule has 2 aliphatic rings. The molecule has 0 bridgehead atoms. The first-order chi connectivity index (χ1) is 18.6. The maximum atomic E-state index is 15.0. The van der Waals surface area contributed by atoms with E-state index in [9.17, 15) is 18.4 Å². The Hall–Kier alpha value is -2.96. The quantitative estimate of drug-likeness (QED) is 0.313. The van der Waals surface area contributed by atoms with Gasteiger partial charge in [-0.1, -0.05) is 6.58 Å². The monoisotopic (exact) mass is 592 g/mol. The molecule has 0 spiro atoms. The molecule has 3 heterocycles. The molecular formula is C28H31F3N4O3S2. The summed E-state index contributed by atoms with van der Waals surface area (Å²) in [5, 5.41) is 0.685. The molecule has 0 saturated carbocycles. The summed E-state index contributed by atoms with van der Waals surface area (Å²) in [6, 6.07) is 2.58. The van der Waals surface area contributed by atoms with E-state index >= 15 is 4.39 Å². The first-order valence-corrected chi connectivity index (χ1v) is 13.6. The summed E-state index contributed by atoms with van der Waals surface area (Å²) < 4.78 is 50.0. The molecule has 1 fully saturated rings. The smallest absolute Gasteiger partial charge is 0.350 e. The fourth-order valence-corrected chi connectivity index (χ4v) is 7.01. The minimum absolute atomic E-state index is 0. The number of benzene rings is 2. The van der Waals surface area contributed by atoms with Crippen LogP contribution in [0.15, 0.2) is 40.5 Å². The Morgan fingerprint density at radius 1 is 1.15 bits per heavy atom. The highest BCUT2D eigenvalue weighted by Crippen LogP contribution is 2.46. The van der Waals surface area contributed by atoms with Gasteiger partial charge in [0.25, 0.3) is 0 Å². The molecule has 1 amide bonds. The van der Waals surface area contributed by atoms with Gasteiger partial charge in [-0.05, 0) is 44.5 Å². The number of amides is 1. The number of hydrogen-bond donors (Lipinski definition) is 0. The van der Waals surface area contributed by atoms with E-state index in [1.807, 2.05) is 24.8 Å². The average molecular weight is 593 g/mol. The highest BCUT2D eigenvalue weighted by atomic mass is 32.2. The topological polar surface area (TPSA) is 67.7 Å². The van der Waals surface area contributed by atoms with Crippen molar-refractivity contribution in [3.63, 3.8) is 0 Å². The summed E-state index contributed by atoms with van der Waals surface area (Å²) in [4.78, 5) is 34.9. The number of thioether (sulfide) groups is 1. The number of rotatable bonds is 5. The Balaban J connectivity index is 0.00000370. The van der Waals surface area contributed by atoms with Crippen LogP contribution in [0.3, 0.4) is 0 Å². The highest BCUT2D eigenvalue weighted by molar-refractivity contribution is 7.99. The molecule has 0 unspecified atom stereocenters. The number of halogens is 3. The number of piperazine rings is 1. The number of nitrogens with zero attached hydrogens (tertiary/aromatic N) is 4. The predicted octanol–water partition coefficient (Wildman–Crippen LogP) is 4.81. The number of carbonyl (C=O) groups is 1. The van der Waals surface area contributed by atoms with Crippen molar-refractivity contribution >= 4 is 47.9 Å². The Morgan fingerprint density at radius 2 is 1.85 bits per heavy atom. The van der Waals surface area contributed by atoms with Crippen LogP contribution >= 0.6 is 25.3 Å². The number of carbonyl (C=O) groups excluding carboxylic acids is 1. The van der Waals surface area contributed by atoms with Gasteiger partial charge in [-0.25, -0.2) is 18.0 Å². The SMILES string of the molecule is C=CC(=O)N1C[C@H](C)N(c2nc(=O)n3c4c(c(-c5cc(F)c(F)cc5F)c(C)cc24)SC[C@@H]3COC)C[C@H]1C.S. The Labute approximate surface area is 241 Å². The second-order valence-electron chi connectivity index (χ2n) is 10.1. The van der Waals surface area contributed by atoms with E-state index < -0.39 is 23.1 Å². The number of anilines is 1. The second-order valence-corrected chi connectivity index (χ2v) is 11.1. The van der Waals surface area contributed by atoms with E-state index in [2.05, 4.69) is 11.6 Å². The molecule has 5 rings (SSSR count). The van der Waals surface area contributed by atoms with Gasteiger partial charge in [0.1, 0.15) is 11.6 Å². The van der Waals surface area contributed by atoms with Crippen LogP contribution in [-0.4, -0.2) is 65.0 Å². The normalized spacial score (nSPS) is 20.4. The maximum Gasteiger partial charge on any atom is 0.350 e. The average Bonchev–Trinajstić information content (AvgIpc) is 2.90. The first kappa shape index (κ1) is 30.0. The van der Waals surface area contributed by atoms with Crippen molar-refractivity contribution < 1.29 is 22.7 Å². The Kier molecular flexibility index (Phi) is 8.63. The van der Waals surface area contributed by atoms with Gasteiger partial charge in [0.15, 0.2) is 11.6 Å². The summed E-state index contributed by atoms with van der Waals surface area (Å²) in [5.74, 6) is -2.55. The Morgan fingerprint density at radius 3 is 2.52 bits per heavy atom. The molecule has 2 aliphatic heterocycles. The van der Waals surface area contributed by atoms with E-state index in [0.717, 1.165) is 6.07 Å². The lowest BCUT2D eigenvalue weighted by Crippen LogP contribution is -2.58. The van der Waals surface area contributed by atoms with E-state index in [1.165, 1.54) is 17.8 Å². The summed E-state index contributed by atoms with van der Waals surface area (Å²) in [6.07, 6.45) is 1.29. The van der Waals surface area contributed by atoms with E-state index in [-0.39, 0.29) is 49.7 Å². The van der Waals surface area contributed by atoms with Crippen molar-refractivity contribution in [3.05, 3.63) is 64.4 Å². The van der Waals surface area contributed by atoms with Crippen molar-refractivity contribution in [3.8, 4) is 11.1 Å². The predicted molar refractivity (Wildman–Crippen MR) is 156 cm³/mol. The lowest BCUT2D eigenvalue weighted by atomic mass is 9.96. The molecule has 0 aliphatic carbocycles. The van der Waals surface area contributed by atoms with E-state index in [0.29, 0.717) is 57.7 Å². The largest absolute Gasteiger partial charge is 0.383 e. The second kappa shape index (κ2) is 11.5. The molecule has 3 aromatic rings. The van der Waals surface area contributed by atoms with Gasteiger partial charge in [0.05, 0.1) is 18.2 Å². The van der Waals surface area contributed by atoms with Gasteiger partial charge in [0.2, 0.25) is 5.91 Å². The lowest BCUT2D eigenvalue weighted by molar-refractivity contribution is -0.128. The zero-order valence-electron chi connectivity index (χ0n) is 22.6. The minimum atomic E-state index is -1.27. The van der Waals surface area contributed by atoms with Crippen LogP contribution in [-0.2, 0) is 9.53 Å². The van der Waals surface area contributed by atoms with Crippen LogP contribution < -0.4 is 10.6 Å². The van der Waals surface area contributed by atoms with Crippen molar-refractivity contribution in [2.45, 2.75) is 43.8 Å². The van der Waals surface area contributed by atoms with Gasteiger partial charge in [-0.3, -0.25) is 9.36 Å². The molecule has 12 heteroatoms. The summed E-state index contributed by atoms with van der Waals surface area (Å²) in [6.45, 7) is 10.4. The maximum absolute atomic E-state index is 15.0. The number of methoxy groups -OCH3 is 1. The third-order valence-corrected chi connectivity index (χ3v) is 8.72. The summed E-state index contributed by atoms with van der Waals surface area (Å²) in [5.41, 5.74) is 1.04. The minimum Gasteiger partial charge on any atom is -0.383 e. The van der Waals surface area contributed by atoms with Gasteiger partial charge >= 0.3 is 5.69 Å². The molecule has 214 valence electrons. The van der Waals surface area contributed by atoms with Crippen LogP contribution in [0.1, 0.15) is 25.5 Å². The lowest BCUT2D eigenvalue weighted by Gasteiger charge is -2.45. The number of hydrogen-bond acceptors (Lipinski definition) is 6. The third-order valence-electron chi connectivity index (χ3n) is 7.48. The highest BCUT2D eigenvalue weighted by Gasteiger charge is 2.35. The molecule has 0 N–H and O–H groups in total. The van der Waals surface area contributed by atoms with E-state index in [4.69, 9.17) is 4.74 Å². The molecule has 7 nitrogen and oxygen atoms in total. The molecular weight excluding hydrogens is 561 g/mol. The summed E-state index contributed by atoms with van der Waals surface area (Å²) in [7, 11) is 1.55. The van der Waals surface area contributed by atoms with Crippen LogP contribution in [0.4, 0.5) is 19.0 Å². The zero-order valence-corrected chi connectivity index (χ0v) is 24.4. The fraction of sp³-hybridized carbons (Fsp3) is 0.393. The van der Waals surface area contributed by atoms with Crippen molar-refractivity contribution in [2.75, 3.05) is 37.5 Å². The number of aromatic nitrogens is 2. The molecule has 2 aromatic carbocycles. The Bertz CT molecular complexity index is 1560. The third kappa shape index (κ3) is 4.90. The zero-order chi connectivity index (χ0) is 28.2. The van der Waals surface area contributed by atoms with Crippen molar-refractivity contribution in [2.24, 2.45) is 0 Å². The van der Waals surface area contributed by atoms with E-state index in [1.54, 1.807) is 23.5 Å². The van der Waals surface area contributed by atoms with Crippen LogP contribution in [0.25, 0.3) is 22.0 Å². The number of aryl methyl sites for hydroxylation is 1. The standard InChI is InChI=1S/C28H29F3N4O3S.H2S/c1-6-23(36)33-10-16(4)34(11-15(33)3)27-19-7-14(2)24(18-8-21(30)22(31)9-20(18)29)26-25(19)35(28(37)32-27)17(12-38-5)13-39-26;/h6-9,15-17H,1,10-13H2,2-5H3;1H2/t15-,16+,17+;/m1./s1. The van der Waals surface area contributed by atoms with Gasteiger partial charge < -0.3 is 14.5 Å². The summed E-state index contributed by atoms with van der Waals surface area (Å²) >= 11 is 1.42. The van der Waals surface area contributed by atoms with Gasteiger partial charge in [0, 0.05) is 65.5 Å². The van der Waals surface area contributed by atoms with Crippen LogP contribution in [0.5, 0.6) is 0 Å². The van der Waals surface area contributed by atoms with Crippen molar-refractivity contribution in [1.29, 1.82) is 0 Å². The first-order valence-electron chi connectivity index (χ1n) is 12.6. The molecule has 3 atom stereocenters. The fourth-order valence-electron chi connectivity index (χ4n) is 5.65. The molecule has 0 radical (unpaired) electrons. The molecule has 1 saturated heterocycles. The van der Waals surface area contributed by atoms with Gasteiger partial charge in [-0.2, -0.15) is 18.5 Å². The molecule has 40 heavy (non-hydrogen) atoms. The van der Waals surface area contributed by atoms with Crippen molar-refractivity contribution in [1.82, 2.24) is 14.5 Å². The van der Waals surface area contributed by atoms with Crippen LogP contribution in [0.2, 0.25) is 0 Å². The van der Waals surface area contributed by atoms with Gasteiger partial charge in [-0.15, -0.1) is 11.8 Å². The van der Waals surface area contributed by atoms with Crippen LogP contribution in [0, 0.1) is 24.4 Å². The molecule has 1 aromatic heterocycles. The number of ether oxygens (including phenoxy) is 1.